The molecule has 0 aliphatic carbocycles. The van der Waals surface area contributed by atoms with E-state index < -0.39 is 11.8 Å². The van der Waals surface area contributed by atoms with Crippen LogP contribution in [0.4, 0.5) is 4.39 Å². The van der Waals surface area contributed by atoms with Gasteiger partial charge in [0.1, 0.15) is 11.9 Å². The molecule has 0 radical (unpaired) electrons. The number of rotatable bonds is 4. The first-order valence-electron chi connectivity index (χ1n) is 7.69. The van der Waals surface area contributed by atoms with Gasteiger partial charge in [-0.1, -0.05) is 12.5 Å². The molecule has 3 atom stereocenters. The first-order chi connectivity index (χ1) is 9.97. The lowest BCUT2D eigenvalue weighted by Gasteiger charge is -2.40. The lowest BCUT2D eigenvalue weighted by Crippen LogP contribution is -2.47. The van der Waals surface area contributed by atoms with Crippen LogP contribution in [0, 0.1) is 5.82 Å². The van der Waals surface area contributed by atoms with E-state index in [-0.39, 0.29) is 11.7 Å². The molecule has 1 aromatic carbocycles. The van der Waals surface area contributed by atoms with E-state index in [1.165, 1.54) is 37.5 Å². The van der Waals surface area contributed by atoms with Crippen LogP contribution in [0.2, 0.25) is 0 Å². The van der Waals surface area contributed by atoms with E-state index in [0.29, 0.717) is 12.1 Å². The maximum atomic E-state index is 13.1. The van der Waals surface area contributed by atoms with Gasteiger partial charge in [0.25, 0.3) is 0 Å². The second-order valence-electron chi connectivity index (χ2n) is 6.05. The van der Waals surface area contributed by atoms with Crippen molar-refractivity contribution in [2.75, 3.05) is 6.54 Å². The minimum atomic E-state index is -0.459. The molecule has 0 spiro atoms. The Morgan fingerprint density at radius 1 is 1.38 bits per heavy atom. The van der Waals surface area contributed by atoms with Crippen molar-refractivity contribution in [1.29, 1.82) is 0 Å². The van der Waals surface area contributed by atoms with Crippen molar-refractivity contribution < 1.29 is 13.9 Å². The molecule has 2 rings (SSSR count). The third-order valence-corrected chi connectivity index (χ3v) is 4.21. The summed E-state index contributed by atoms with van der Waals surface area (Å²) < 4.78 is 18.6. The topological polar surface area (TPSA) is 29.5 Å². The summed E-state index contributed by atoms with van der Waals surface area (Å²) in [5.74, 6) is -0.880. The number of nitrogens with zero attached hydrogens (tertiary/aromatic N) is 1. The molecule has 1 fully saturated rings. The zero-order valence-electron chi connectivity index (χ0n) is 13.0. The normalized spacial score (nSPS) is 24.6. The van der Waals surface area contributed by atoms with Crippen LogP contribution >= 0.6 is 0 Å². The van der Waals surface area contributed by atoms with Gasteiger partial charge in [-0.3, -0.25) is 4.90 Å². The van der Waals surface area contributed by atoms with Crippen LogP contribution in [0.5, 0.6) is 0 Å². The van der Waals surface area contributed by atoms with Crippen LogP contribution < -0.4 is 0 Å². The zero-order chi connectivity index (χ0) is 15.4. The smallest absolute Gasteiger partial charge is 0.338 e. The summed E-state index contributed by atoms with van der Waals surface area (Å²) >= 11 is 0. The highest BCUT2D eigenvalue weighted by Crippen LogP contribution is 2.23. The number of likely N-dealkylation sites (tertiary alicyclic amines) is 1. The number of benzene rings is 1. The summed E-state index contributed by atoms with van der Waals surface area (Å²) in [6, 6.07) is 6.65. The number of esters is 1. The van der Waals surface area contributed by atoms with Crippen LogP contribution in [0.1, 0.15) is 50.4 Å². The Morgan fingerprint density at radius 2 is 2.05 bits per heavy atom. The molecule has 1 saturated heterocycles. The molecule has 1 aliphatic heterocycles. The van der Waals surface area contributed by atoms with Crippen LogP contribution in [0.15, 0.2) is 24.3 Å². The van der Waals surface area contributed by atoms with Crippen LogP contribution in [0.3, 0.4) is 0 Å². The number of hydrogen-bond donors (Lipinski definition) is 0. The standard InChI is InChI=1S/C17H24FNO2/c1-12-6-4-7-13(2)19(12)11-14(3)21-17(20)15-8-5-9-16(18)10-15/h5,8-10,12-14H,4,6-7,11H2,1-3H3/t12-,13-,14-/m0/s1. The molecule has 0 saturated carbocycles. The fraction of sp³-hybridized carbons (Fsp3) is 0.588. The highest BCUT2D eigenvalue weighted by atomic mass is 19.1. The SMILES string of the molecule is C[C@@H](CN1[C@@H](C)CCC[C@@H]1C)OC(=O)c1cccc(F)c1. The number of carbonyl (C=O) groups is 1. The molecule has 0 N–H and O–H groups in total. The minimum Gasteiger partial charge on any atom is -0.458 e. The van der Waals surface area contributed by atoms with Gasteiger partial charge in [-0.2, -0.15) is 0 Å². The molecule has 4 heteroatoms. The van der Waals surface area contributed by atoms with Gasteiger partial charge in [0.15, 0.2) is 0 Å². The van der Waals surface area contributed by atoms with E-state index in [9.17, 15) is 9.18 Å². The molecule has 3 nitrogen and oxygen atoms in total. The van der Waals surface area contributed by atoms with Gasteiger partial charge in [-0.25, -0.2) is 9.18 Å². The van der Waals surface area contributed by atoms with Crippen molar-refractivity contribution >= 4 is 5.97 Å². The van der Waals surface area contributed by atoms with Crippen molar-refractivity contribution in [3.8, 4) is 0 Å². The van der Waals surface area contributed by atoms with E-state index >= 15 is 0 Å². The van der Waals surface area contributed by atoms with Crippen LogP contribution in [0.25, 0.3) is 0 Å². The number of hydrogen-bond acceptors (Lipinski definition) is 3. The van der Waals surface area contributed by atoms with E-state index in [4.69, 9.17) is 4.74 Å². The molecule has 1 heterocycles. The molecule has 0 unspecified atom stereocenters. The van der Waals surface area contributed by atoms with Gasteiger partial charge in [0.2, 0.25) is 0 Å². The van der Waals surface area contributed by atoms with Crippen LogP contribution in [-0.2, 0) is 4.74 Å². The van der Waals surface area contributed by atoms with Crippen molar-refractivity contribution in [3.05, 3.63) is 35.6 Å². The largest absolute Gasteiger partial charge is 0.458 e. The van der Waals surface area contributed by atoms with Gasteiger partial charge in [0, 0.05) is 18.6 Å². The maximum absolute atomic E-state index is 13.1. The first-order valence-corrected chi connectivity index (χ1v) is 7.69. The van der Waals surface area contributed by atoms with Crippen molar-refractivity contribution in [2.24, 2.45) is 0 Å². The second-order valence-corrected chi connectivity index (χ2v) is 6.05. The average Bonchev–Trinajstić information content (AvgIpc) is 2.43. The Kier molecular flexibility index (Phi) is 5.34. The molecule has 1 aromatic rings. The summed E-state index contributed by atoms with van der Waals surface area (Å²) in [5, 5.41) is 0. The molecular weight excluding hydrogens is 269 g/mol. The van der Waals surface area contributed by atoms with E-state index in [2.05, 4.69) is 18.7 Å². The van der Waals surface area contributed by atoms with Gasteiger partial charge in [-0.15, -0.1) is 0 Å². The molecule has 0 bridgehead atoms. The summed E-state index contributed by atoms with van der Waals surface area (Å²) in [5.41, 5.74) is 0.265. The van der Waals surface area contributed by atoms with Crippen molar-refractivity contribution in [3.63, 3.8) is 0 Å². The monoisotopic (exact) mass is 293 g/mol. The fourth-order valence-electron chi connectivity index (χ4n) is 3.04. The number of ether oxygens (including phenoxy) is 1. The average molecular weight is 293 g/mol. The molecular formula is C17H24FNO2. The van der Waals surface area contributed by atoms with Gasteiger partial charge in [-0.05, 0) is 51.8 Å². The lowest BCUT2D eigenvalue weighted by atomic mass is 9.97. The molecule has 0 amide bonds. The minimum absolute atomic E-state index is 0.205. The third-order valence-electron chi connectivity index (χ3n) is 4.21. The summed E-state index contributed by atoms with van der Waals surface area (Å²) in [6.45, 7) is 7.06. The highest BCUT2D eigenvalue weighted by molar-refractivity contribution is 5.89. The van der Waals surface area contributed by atoms with Crippen molar-refractivity contribution in [2.45, 2.75) is 58.2 Å². The third kappa shape index (κ3) is 4.27. The van der Waals surface area contributed by atoms with Gasteiger partial charge in [0.05, 0.1) is 5.56 Å². The molecule has 116 valence electrons. The number of halogens is 1. The Labute approximate surface area is 126 Å². The van der Waals surface area contributed by atoms with Crippen molar-refractivity contribution in [1.82, 2.24) is 4.90 Å². The fourth-order valence-corrected chi connectivity index (χ4v) is 3.04. The number of carbonyl (C=O) groups excluding carboxylic acids is 1. The van der Waals surface area contributed by atoms with E-state index in [1.54, 1.807) is 6.07 Å². The second kappa shape index (κ2) is 7.03. The maximum Gasteiger partial charge on any atom is 0.338 e. The quantitative estimate of drug-likeness (QED) is 0.794. The Bertz CT molecular complexity index is 481. The molecule has 0 aromatic heterocycles. The highest BCUT2D eigenvalue weighted by Gasteiger charge is 2.27. The predicted octanol–water partition coefficient (Wildman–Crippen LogP) is 3.63. The number of piperidine rings is 1. The molecule has 21 heavy (non-hydrogen) atoms. The van der Waals surface area contributed by atoms with E-state index in [0.717, 1.165) is 6.54 Å². The zero-order valence-corrected chi connectivity index (χ0v) is 13.0. The first kappa shape index (κ1) is 16.0. The lowest BCUT2D eigenvalue weighted by molar-refractivity contribution is 0.00808. The summed E-state index contributed by atoms with van der Waals surface area (Å²) in [7, 11) is 0. The Hall–Kier alpha value is -1.42. The van der Waals surface area contributed by atoms with Crippen LogP contribution in [-0.4, -0.2) is 35.6 Å². The summed E-state index contributed by atoms with van der Waals surface area (Å²) in [4.78, 5) is 14.4. The van der Waals surface area contributed by atoms with E-state index in [1.807, 2.05) is 6.92 Å². The predicted molar refractivity (Wildman–Crippen MR) is 80.8 cm³/mol. The van der Waals surface area contributed by atoms with Gasteiger partial charge >= 0.3 is 5.97 Å². The van der Waals surface area contributed by atoms with Gasteiger partial charge < -0.3 is 4.74 Å². The summed E-state index contributed by atoms with van der Waals surface area (Å²) in [6.07, 6.45) is 3.43. The Balaban J connectivity index is 1.92. The Morgan fingerprint density at radius 3 is 2.67 bits per heavy atom. The molecule has 1 aliphatic rings.